The smallest absolute Gasteiger partial charge is 0.314 e. The van der Waals surface area contributed by atoms with E-state index in [-0.39, 0.29) is 6.03 Å². The van der Waals surface area contributed by atoms with E-state index in [0.29, 0.717) is 18.5 Å². The molecule has 3 heteroatoms. The van der Waals surface area contributed by atoms with Crippen LogP contribution in [0, 0.1) is 5.92 Å². The normalized spacial score (nSPS) is 20.1. The average molecular weight is 198 g/mol. The van der Waals surface area contributed by atoms with Crippen molar-refractivity contribution in [3.05, 3.63) is 0 Å². The van der Waals surface area contributed by atoms with E-state index in [0.717, 1.165) is 0 Å². The first-order valence-corrected chi connectivity index (χ1v) is 5.78. The number of carbonyl (C=O) groups excluding carboxylic acids is 1. The molecule has 1 rings (SSSR count). The number of hydrogen-bond acceptors (Lipinski definition) is 1. The van der Waals surface area contributed by atoms with Gasteiger partial charge in [-0.3, -0.25) is 0 Å². The van der Waals surface area contributed by atoms with Gasteiger partial charge < -0.3 is 10.6 Å². The van der Waals surface area contributed by atoms with Crippen molar-refractivity contribution in [2.45, 2.75) is 52.0 Å². The number of urea groups is 1. The van der Waals surface area contributed by atoms with Crippen LogP contribution in [0.4, 0.5) is 4.79 Å². The van der Waals surface area contributed by atoms with Gasteiger partial charge in [0.15, 0.2) is 0 Å². The third kappa shape index (κ3) is 3.56. The molecule has 1 aliphatic carbocycles. The van der Waals surface area contributed by atoms with Gasteiger partial charge in [0.2, 0.25) is 0 Å². The lowest BCUT2D eigenvalue weighted by molar-refractivity contribution is 0.225. The molecule has 1 saturated carbocycles. The van der Waals surface area contributed by atoms with Crippen LogP contribution >= 0.6 is 0 Å². The van der Waals surface area contributed by atoms with Crippen LogP contribution in [0.2, 0.25) is 0 Å². The van der Waals surface area contributed by atoms with Crippen molar-refractivity contribution in [3.8, 4) is 0 Å². The van der Waals surface area contributed by atoms with E-state index in [1.54, 1.807) is 0 Å². The molecule has 0 aromatic carbocycles. The zero-order chi connectivity index (χ0) is 10.4. The van der Waals surface area contributed by atoms with Crippen molar-refractivity contribution in [1.29, 1.82) is 0 Å². The third-order valence-corrected chi connectivity index (χ3v) is 3.05. The van der Waals surface area contributed by atoms with Crippen LogP contribution in [0.25, 0.3) is 0 Å². The van der Waals surface area contributed by atoms with Gasteiger partial charge in [-0.05, 0) is 32.6 Å². The molecule has 1 atom stereocenters. The molecule has 2 N–H and O–H groups in total. The average Bonchev–Trinajstić information content (AvgIpc) is 2.19. The van der Waals surface area contributed by atoms with Crippen molar-refractivity contribution >= 4 is 6.03 Å². The van der Waals surface area contributed by atoms with Gasteiger partial charge in [0.25, 0.3) is 0 Å². The fourth-order valence-electron chi connectivity index (χ4n) is 2.17. The van der Waals surface area contributed by atoms with Gasteiger partial charge in [0, 0.05) is 12.6 Å². The Morgan fingerprint density at radius 3 is 2.57 bits per heavy atom. The summed E-state index contributed by atoms with van der Waals surface area (Å²) in [6.45, 7) is 4.75. The van der Waals surface area contributed by atoms with Crippen LogP contribution < -0.4 is 10.6 Å². The maximum Gasteiger partial charge on any atom is 0.314 e. The van der Waals surface area contributed by atoms with Gasteiger partial charge in [-0.15, -0.1) is 0 Å². The molecule has 0 aromatic rings. The lowest BCUT2D eigenvalue weighted by Crippen LogP contribution is -2.44. The molecule has 1 unspecified atom stereocenters. The molecule has 0 aromatic heterocycles. The van der Waals surface area contributed by atoms with Gasteiger partial charge in [0.05, 0.1) is 0 Å². The summed E-state index contributed by atoms with van der Waals surface area (Å²) in [5.41, 5.74) is 0. The molecule has 0 heterocycles. The second kappa shape index (κ2) is 5.89. The van der Waals surface area contributed by atoms with Gasteiger partial charge in [-0.25, -0.2) is 4.79 Å². The van der Waals surface area contributed by atoms with Crippen LogP contribution in [0.3, 0.4) is 0 Å². The summed E-state index contributed by atoms with van der Waals surface area (Å²) >= 11 is 0. The van der Waals surface area contributed by atoms with E-state index in [2.05, 4.69) is 17.6 Å². The highest BCUT2D eigenvalue weighted by molar-refractivity contribution is 5.74. The lowest BCUT2D eigenvalue weighted by atomic mass is 9.85. The van der Waals surface area contributed by atoms with E-state index >= 15 is 0 Å². The predicted molar refractivity (Wildman–Crippen MR) is 58.2 cm³/mol. The van der Waals surface area contributed by atoms with Crippen LogP contribution in [-0.2, 0) is 0 Å². The topological polar surface area (TPSA) is 41.1 Å². The fraction of sp³-hybridized carbons (Fsp3) is 0.909. The molecule has 3 nitrogen and oxygen atoms in total. The Bertz CT molecular complexity index is 176. The number of rotatable bonds is 3. The SMILES string of the molecule is CCNC(=O)NC(C)C1CCCCC1. The fourth-order valence-corrected chi connectivity index (χ4v) is 2.17. The molecule has 0 spiro atoms. The van der Waals surface area contributed by atoms with Crippen molar-refractivity contribution < 1.29 is 4.79 Å². The lowest BCUT2D eigenvalue weighted by Gasteiger charge is -2.28. The minimum absolute atomic E-state index is 0.0226. The molecule has 0 saturated heterocycles. The van der Waals surface area contributed by atoms with Gasteiger partial charge >= 0.3 is 6.03 Å². The summed E-state index contributed by atoms with van der Waals surface area (Å²) in [5, 5.41) is 5.77. The van der Waals surface area contributed by atoms with Crippen LogP contribution in [0.1, 0.15) is 46.0 Å². The van der Waals surface area contributed by atoms with Crippen LogP contribution in [0.5, 0.6) is 0 Å². The van der Waals surface area contributed by atoms with Gasteiger partial charge in [0.1, 0.15) is 0 Å². The number of nitrogens with one attached hydrogen (secondary N) is 2. The van der Waals surface area contributed by atoms with E-state index in [1.165, 1.54) is 32.1 Å². The summed E-state index contributed by atoms with van der Waals surface area (Å²) in [4.78, 5) is 11.3. The van der Waals surface area contributed by atoms with Crippen molar-refractivity contribution in [2.24, 2.45) is 5.92 Å². The number of hydrogen-bond donors (Lipinski definition) is 2. The monoisotopic (exact) mass is 198 g/mol. The van der Waals surface area contributed by atoms with E-state index < -0.39 is 0 Å². The van der Waals surface area contributed by atoms with Crippen LogP contribution in [0.15, 0.2) is 0 Å². The molecule has 0 aliphatic heterocycles. The Balaban J connectivity index is 2.25. The van der Waals surface area contributed by atoms with Crippen molar-refractivity contribution in [2.75, 3.05) is 6.54 Å². The molecule has 14 heavy (non-hydrogen) atoms. The zero-order valence-corrected chi connectivity index (χ0v) is 9.31. The second-order valence-electron chi connectivity index (χ2n) is 4.19. The number of amides is 2. The molecule has 2 amide bonds. The molecule has 0 bridgehead atoms. The highest BCUT2D eigenvalue weighted by Gasteiger charge is 2.20. The Hall–Kier alpha value is -0.730. The Kier molecular flexibility index (Phi) is 4.77. The highest BCUT2D eigenvalue weighted by atomic mass is 16.2. The summed E-state index contributed by atoms with van der Waals surface area (Å²) in [5.74, 6) is 0.686. The Labute approximate surface area is 86.6 Å². The van der Waals surface area contributed by atoms with E-state index in [4.69, 9.17) is 0 Å². The molecule has 1 fully saturated rings. The van der Waals surface area contributed by atoms with Crippen molar-refractivity contribution in [1.82, 2.24) is 10.6 Å². The summed E-state index contributed by atoms with van der Waals surface area (Å²) in [6, 6.07) is 0.299. The number of carbonyl (C=O) groups is 1. The quantitative estimate of drug-likeness (QED) is 0.717. The molecular weight excluding hydrogens is 176 g/mol. The van der Waals surface area contributed by atoms with E-state index in [1.807, 2.05) is 6.92 Å². The third-order valence-electron chi connectivity index (χ3n) is 3.05. The first kappa shape index (κ1) is 11.3. The zero-order valence-electron chi connectivity index (χ0n) is 9.31. The molecule has 0 radical (unpaired) electrons. The first-order chi connectivity index (χ1) is 6.74. The standard InChI is InChI=1S/C11H22N2O/c1-3-12-11(14)13-9(2)10-7-5-4-6-8-10/h9-10H,3-8H2,1-2H3,(H2,12,13,14). The highest BCUT2D eigenvalue weighted by Crippen LogP contribution is 2.26. The van der Waals surface area contributed by atoms with Crippen LogP contribution in [-0.4, -0.2) is 18.6 Å². The minimum Gasteiger partial charge on any atom is -0.338 e. The molecular formula is C11H22N2O. The summed E-state index contributed by atoms with van der Waals surface area (Å²) in [6.07, 6.45) is 6.56. The van der Waals surface area contributed by atoms with Gasteiger partial charge in [-0.2, -0.15) is 0 Å². The largest absolute Gasteiger partial charge is 0.338 e. The maximum absolute atomic E-state index is 11.3. The van der Waals surface area contributed by atoms with E-state index in [9.17, 15) is 4.79 Å². The first-order valence-electron chi connectivity index (χ1n) is 5.78. The minimum atomic E-state index is -0.0226. The molecule has 82 valence electrons. The van der Waals surface area contributed by atoms with Gasteiger partial charge in [-0.1, -0.05) is 19.3 Å². The Morgan fingerprint density at radius 1 is 1.36 bits per heavy atom. The van der Waals surface area contributed by atoms with Crippen molar-refractivity contribution in [3.63, 3.8) is 0 Å². The maximum atomic E-state index is 11.3. The second-order valence-corrected chi connectivity index (χ2v) is 4.19. The predicted octanol–water partition coefficient (Wildman–Crippen LogP) is 2.27. The molecule has 1 aliphatic rings. The summed E-state index contributed by atoms with van der Waals surface area (Å²) < 4.78 is 0. The Morgan fingerprint density at radius 2 is 2.00 bits per heavy atom. The summed E-state index contributed by atoms with van der Waals surface area (Å²) in [7, 11) is 0.